The molecule has 3 rings (SSSR count). The van der Waals surface area contributed by atoms with Crippen LogP contribution in [0.4, 0.5) is 0 Å². The molecule has 25 heavy (non-hydrogen) atoms. The molecule has 2 aromatic carbocycles. The van der Waals surface area contributed by atoms with Crippen molar-refractivity contribution in [3.05, 3.63) is 70.8 Å². The van der Waals surface area contributed by atoms with E-state index in [0.29, 0.717) is 5.92 Å². The first-order chi connectivity index (χ1) is 12.1. The molecule has 0 N–H and O–H groups in total. The minimum Gasteiger partial charge on any atom is -0.295 e. The third-order valence-electron chi connectivity index (χ3n) is 4.85. The Morgan fingerprint density at radius 3 is 2.16 bits per heavy atom. The van der Waals surface area contributed by atoms with Gasteiger partial charge in [0, 0.05) is 32.7 Å². The standard InChI is InChI=1S/C22H29N3/c1-18(2)22-10-8-20(9-11-22)16-23-25-14-12-24(13-15-25)17-21-6-4-19(3)5-7-21/h4-11,16,18H,12-15,17H2,1-3H3. The Bertz CT molecular complexity index is 678. The molecule has 1 saturated heterocycles. The Kier molecular flexibility index (Phi) is 5.87. The fourth-order valence-electron chi connectivity index (χ4n) is 3.08. The fourth-order valence-corrected chi connectivity index (χ4v) is 3.08. The van der Waals surface area contributed by atoms with E-state index in [1.165, 1.54) is 22.3 Å². The van der Waals surface area contributed by atoms with Crippen molar-refractivity contribution in [1.29, 1.82) is 0 Å². The van der Waals surface area contributed by atoms with E-state index in [-0.39, 0.29) is 0 Å². The highest BCUT2D eigenvalue weighted by molar-refractivity contribution is 5.79. The van der Waals surface area contributed by atoms with Gasteiger partial charge in [0.15, 0.2) is 0 Å². The van der Waals surface area contributed by atoms with Gasteiger partial charge >= 0.3 is 0 Å². The van der Waals surface area contributed by atoms with Gasteiger partial charge in [0.2, 0.25) is 0 Å². The van der Waals surface area contributed by atoms with E-state index in [1.807, 2.05) is 6.21 Å². The van der Waals surface area contributed by atoms with Crippen LogP contribution in [0.5, 0.6) is 0 Å². The fraction of sp³-hybridized carbons (Fsp3) is 0.409. The smallest absolute Gasteiger partial charge is 0.0542 e. The molecule has 1 fully saturated rings. The van der Waals surface area contributed by atoms with E-state index >= 15 is 0 Å². The second-order valence-electron chi connectivity index (χ2n) is 7.28. The molecule has 3 heteroatoms. The van der Waals surface area contributed by atoms with Crippen LogP contribution in [0.15, 0.2) is 53.6 Å². The predicted octanol–water partition coefficient (Wildman–Crippen LogP) is 4.27. The van der Waals surface area contributed by atoms with Crippen LogP contribution in [0.3, 0.4) is 0 Å². The average Bonchev–Trinajstić information content (AvgIpc) is 2.63. The molecule has 0 bridgehead atoms. The van der Waals surface area contributed by atoms with Crippen molar-refractivity contribution in [2.75, 3.05) is 26.2 Å². The second kappa shape index (κ2) is 8.30. The minimum absolute atomic E-state index is 0.576. The molecule has 0 saturated carbocycles. The van der Waals surface area contributed by atoms with Crippen LogP contribution >= 0.6 is 0 Å². The molecule has 0 aromatic heterocycles. The summed E-state index contributed by atoms with van der Waals surface area (Å²) in [6, 6.07) is 17.6. The summed E-state index contributed by atoms with van der Waals surface area (Å²) in [5, 5.41) is 6.85. The van der Waals surface area contributed by atoms with Crippen LogP contribution < -0.4 is 0 Å². The highest BCUT2D eigenvalue weighted by atomic mass is 15.5. The molecule has 0 spiro atoms. The maximum atomic E-state index is 4.66. The summed E-state index contributed by atoms with van der Waals surface area (Å²) < 4.78 is 0. The quantitative estimate of drug-likeness (QED) is 0.760. The molecular weight excluding hydrogens is 306 g/mol. The number of hydrazone groups is 1. The lowest BCUT2D eigenvalue weighted by Crippen LogP contribution is -2.43. The first kappa shape index (κ1) is 17.7. The van der Waals surface area contributed by atoms with Gasteiger partial charge < -0.3 is 0 Å². The molecule has 1 aliphatic rings. The maximum Gasteiger partial charge on any atom is 0.0542 e. The van der Waals surface area contributed by atoms with Crippen molar-refractivity contribution in [1.82, 2.24) is 9.91 Å². The van der Waals surface area contributed by atoms with E-state index < -0.39 is 0 Å². The van der Waals surface area contributed by atoms with Crippen molar-refractivity contribution < 1.29 is 0 Å². The Morgan fingerprint density at radius 1 is 0.920 bits per heavy atom. The lowest BCUT2D eigenvalue weighted by Gasteiger charge is -2.33. The zero-order chi connectivity index (χ0) is 17.6. The Labute approximate surface area is 152 Å². The number of piperazine rings is 1. The summed E-state index contributed by atoms with van der Waals surface area (Å²) in [6.07, 6.45) is 1.99. The molecule has 2 aromatic rings. The molecule has 0 amide bonds. The summed E-state index contributed by atoms with van der Waals surface area (Å²) >= 11 is 0. The van der Waals surface area contributed by atoms with Crippen LogP contribution in [-0.4, -0.2) is 42.3 Å². The second-order valence-corrected chi connectivity index (χ2v) is 7.28. The van der Waals surface area contributed by atoms with Crippen molar-refractivity contribution in [3.8, 4) is 0 Å². The van der Waals surface area contributed by atoms with Gasteiger partial charge in [0.1, 0.15) is 0 Å². The van der Waals surface area contributed by atoms with E-state index in [2.05, 4.69) is 84.3 Å². The number of nitrogens with zero attached hydrogens (tertiary/aromatic N) is 3. The molecule has 132 valence electrons. The zero-order valence-corrected chi connectivity index (χ0v) is 15.7. The van der Waals surface area contributed by atoms with E-state index in [1.54, 1.807) is 0 Å². The van der Waals surface area contributed by atoms with Crippen LogP contribution in [0.2, 0.25) is 0 Å². The third kappa shape index (κ3) is 5.17. The topological polar surface area (TPSA) is 18.8 Å². The summed E-state index contributed by atoms with van der Waals surface area (Å²) in [6.45, 7) is 11.7. The van der Waals surface area contributed by atoms with Crippen molar-refractivity contribution in [2.45, 2.75) is 33.2 Å². The van der Waals surface area contributed by atoms with Gasteiger partial charge in [-0.25, -0.2) is 0 Å². The van der Waals surface area contributed by atoms with Gasteiger partial charge in [-0.15, -0.1) is 0 Å². The van der Waals surface area contributed by atoms with Gasteiger partial charge in [-0.1, -0.05) is 67.9 Å². The zero-order valence-electron chi connectivity index (χ0n) is 15.7. The maximum absolute atomic E-state index is 4.66. The highest BCUT2D eigenvalue weighted by Crippen LogP contribution is 2.14. The highest BCUT2D eigenvalue weighted by Gasteiger charge is 2.15. The number of hydrogen-bond donors (Lipinski definition) is 0. The van der Waals surface area contributed by atoms with Gasteiger partial charge in [0.05, 0.1) is 6.21 Å². The first-order valence-corrected chi connectivity index (χ1v) is 9.27. The summed E-state index contributed by atoms with van der Waals surface area (Å²) in [7, 11) is 0. The molecule has 1 aliphatic heterocycles. The molecule has 3 nitrogen and oxygen atoms in total. The predicted molar refractivity (Wildman–Crippen MR) is 106 cm³/mol. The number of rotatable bonds is 5. The Morgan fingerprint density at radius 2 is 1.56 bits per heavy atom. The van der Waals surface area contributed by atoms with Crippen LogP contribution in [0, 0.1) is 6.92 Å². The summed E-state index contributed by atoms with van der Waals surface area (Å²) in [5.74, 6) is 0.576. The monoisotopic (exact) mass is 335 g/mol. The Hall–Kier alpha value is -2.13. The van der Waals surface area contributed by atoms with Crippen molar-refractivity contribution >= 4 is 6.21 Å². The lowest BCUT2D eigenvalue weighted by atomic mass is 10.0. The minimum atomic E-state index is 0.576. The van der Waals surface area contributed by atoms with Gasteiger partial charge in [0.25, 0.3) is 0 Å². The lowest BCUT2D eigenvalue weighted by molar-refractivity contribution is 0.131. The Balaban J connectivity index is 1.47. The molecule has 0 atom stereocenters. The summed E-state index contributed by atoms with van der Waals surface area (Å²) in [5.41, 5.74) is 5.27. The van der Waals surface area contributed by atoms with Gasteiger partial charge in [-0.05, 0) is 29.5 Å². The van der Waals surface area contributed by atoms with Gasteiger partial charge in [-0.2, -0.15) is 5.10 Å². The SMILES string of the molecule is Cc1ccc(CN2CCN(N=Cc3ccc(C(C)C)cc3)CC2)cc1. The van der Waals surface area contributed by atoms with Crippen LogP contribution in [-0.2, 0) is 6.54 Å². The largest absolute Gasteiger partial charge is 0.295 e. The molecular formula is C22H29N3. The van der Waals surface area contributed by atoms with Crippen molar-refractivity contribution in [2.24, 2.45) is 5.10 Å². The first-order valence-electron chi connectivity index (χ1n) is 9.27. The third-order valence-corrected chi connectivity index (χ3v) is 4.85. The van der Waals surface area contributed by atoms with Crippen LogP contribution in [0.25, 0.3) is 0 Å². The van der Waals surface area contributed by atoms with Crippen LogP contribution in [0.1, 0.15) is 42.0 Å². The molecule has 1 heterocycles. The average molecular weight is 335 g/mol. The van der Waals surface area contributed by atoms with E-state index in [4.69, 9.17) is 0 Å². The van der Waals surface area contributed by atoms with E-state index in [0.717, 1.165) is 32.7 Å². The van der Waals surface area contributed by atoms with Crippen molar-refractivity contribution in [3.63, 3.8) is 0 Å². The number of aryl methyl sites for hydroxylation is 1. The van der Waals surface area contributed by atoms with Gasteiger partial charge in [-0.3, -0.25) is 9.91 Å². The molecule has 0 unspecified atom stereocenters. The number of benzene rings is 2. The van der Waals surface area contributed by atoms with E-state index in [9.17, 15) is 0 Å². The molecule has 0 aliphatic carbocycles. The number of hydrogen-bond acceptors (Lipinski definition) is 3. The normalized spacial score (nSPS) is 16.1. The molecule has 0 radical (unpaired) electrons. The summed E-state index contributed by atoms with van der Waals surface area (Å²) in [4.78, 5) is 2.51.